The number of nitrogens with one attached hydrogen (secondary N) is 1. The predicted octanol–water partition coefficient (Wildman–Crippen LogP) is 2.27. The van der Waals surface area contributed by atoms with Crippen LogP contribution < -0.4 is 10.2 Å². The average Bonchev–Trinajstić information content (AvgIpc) is 3.21. The number of carbonyl (C=O) groups is 2. The maximum Gasteiger partial charge on any atom is 0.242 e. The number of carbonyl (C=O) groups excluding carboxylic acids is 2. The SMILES string of the molecule is CCCCNC(=O)C1(C(=O)N2CCc3ccccc32)CC1. The van der Waals surface area contributed by atoms with Gasteiger partial charge in [-0.05, 0) is 37.3 Å². The van der Waals surface area contributed by atoms with Crippen molar-refractivity contribution in [2.75, 3.05) is 18.0 Å². The van der Waals surface area contributed by atoms with Crippen LogP contribution in [0.5, 0.6) is 0 Å². The Balaban J connectivity index is 1.72. The van der Waals surface area contributed by atoms with Crippen molar-refractivity contribution in [1.29, 1.82) is 0 Å². The Bertz CT molecular complexity index is 564. The van der Waals surface area contributed by atoms with Crippen molar-refractivity contribution in [2.45, 2.75) is 39.0 Å². The van der Waals surface area contributed by atoms with Crippen LogP contribution in [0.25, 0.3) is 0 Å². The highest BCUT2D eigenvalue weighted by Crippen LogP contribution is 2.49. The van der Waals surface area contributed by atoms with E-state index in [0.717, 1.165) is 24.9 Å². The van der Waals surface area contributed by atoms with Crippen molar-refractivity contribution < 1.29 is 9.59 Å². The van der Waals surface area contributed by atoms with Crippen LogP contribution >= 0.6 is 0 Å². The lowest BCUT2D eigenvalue weighted by Gasteiger charge is -2.23. The number of para-hydroxylation sites is 1. The van der Waals surface area contributed by atoms with Gasteiger partial charge >= 0.3 is 0 Å². The Morgan fingerprint density at radius 2 is 2.05 bits per heavy atom. The van der Waals surface area contributed by atoms with Crippen LogP contribution in [0.15, 0.2) is 24.3 Å². The summed E-state index contributed by atoms with van der Waals surface area (Å²) in [5.41, 5.74) is 1.40. The highest BCUT2D eigenvalue weighted by atomic mass is 16.2. The Kier molecular flexibility index (Phi) is 3.70. The summed E-state index contributed by atoms with van der Waals surface area (Å²) in [6, 6.07) is 7.98. The van der Waals surface area contributed by atoms with Gasteiger partial charge in [0.05, 0.1) is 0 Å². The van der Waals surface area contributed by atoms with Crippen LogP contribution in [0.3, 0.4) is 0 Å². The Hall–Kier alpha value is -1.84. The number of hydrogen-bond donors (Lipinski definition) is 1. The van der Waals surface area contributed by atoms with Crippen LogP contribution in [0.4, 0.5) is 5.69 Å². The number of fused-ring (bicyclic) bond motifs is 1. The number of unbranched alkanes of at least 4 members (excludes halogenated alkanes) is 1. The van der Waals surface area contributed by atoms with E-state index in [0.29, 0.717) is 25.9 Å². The molecule has 0 radical (unpaired) electrons. The van der Waals surface area contributed by atoms with E-state index in [1.165, 1.54) is 5.56 Å². The van der Waals surface area contributed by atoms with Crippen molar-refractivity contribution in [2.24, 2.45) is 5.41 Å². The van der Waals surface area contributed by atoms with Crippen molar-refractivity contribution in [3.63, 3.8) is 0 Å². The fraction of sp³-hybridized carbons (Fsp3) is 0.529. The van der Waals surface area contributed by atoms with Gasteiger partial charge in [0, 0.05) is 18.8 Å². The van der Waals surface area contributed by atoms with Gasteiger partial charge in [0.2, 0.25) is 11.8 Å². The molecule has 1 aliphatic heterocycles. The van der Waals surface area contributed by atoms with E-state index in [9.17, 15) is 9.59 Å². The molecule has 0 unspecified atom stereocenters. The molecule has 2 aliphatic rings. The summed E-state index contributed by atoms with van der Waals surface area (Å²) in [5.74, 6) is -0.0909. The molecule has 0 spiro atoms. The molecule has 0 bridgehead atoms. The highest BCUT2D eigenvalue weighted by molar-refractivity contribution is 6.14. The first-order valence-electron chi connectivity index (χ1n) is 7.87. The number of anilines is 1. The minimum absolute atomic E-state index is 0.0125. The lowest BCUT2D eigenvalue weighted by atomic mass is 10.0. The third-order valence-corrected chi connectivity index (χ3v) is 4.54. The maximum atomic E-state index is 12.8. The fourth-order valence-electron chi connectivity index (χ4n) is 3.02. The third-order valence-electron chi connectivity index (χ3n) is 4.54. The van der Waals surface area contributed by atoms with Crippen LogP contribution in [-0.4, -0.2) is 24.9 Å². The number of nitrogens with zero attached hydrogens (tertiary/aromatic N) is 1. The second-order valence-corrected chi connectivity index (χ2v) is 6.03. The van der Waals surface area contributed by atoms with E-state index in [1.54, 1.807) is 0 Å². The lowest BCUT2D eigenvalue weighted by Crippen LogP contribution is -2.45. The van der Waals surface area contributed by atoms with E-state index in [2.05, 4.69) is 18.3 Å². The minimum atomic E-state index is -0.787. The topological polar surface area (TPSA) is 49.4 Å². The van der Waals surface area contributed by atoms with E-state index in [1.807, 2.05) is 23.1 Å². The van der Waals surface area contributed by atoms with Gasteiger partial charge in [-0.3, -0.25) is 9.59 Å². The van der Waals surface area contributed by atoms with Gasteiger partial charge in [0.1, 0.15) is 5.41 Å². The van der Waals surface area contributed by atoms with Gasteiger partial charge in [-0.2, -0.15) is 0 Å². The summed E-state index contributed by atoms with van der Waals surface area (Å²) in [6.07, 6.45) is 4.25. The molecule has 2 amide bonds. The molecule has 1 aromatic rings. The normalized spacial score (nSPS) is 18.2. The highest BCUT2D eigenvalue weighted by Gasteiger charge is 2.58. The zero-order chi connectivity index (χ0) is 14.9. The molecule has 1 N–H and O–H groups in total. The molecule has 0 atom stereocenters. The van der Waals surface area contributed by atoms with E-state index in [-0.39, 0.29) is 11.8 Å². The summed E-state index contributed by atoms with van der Waals surface area (Å²) in [5, 5.41) is 2.93. The standard InChI is InChI=1S/C17H22N2O2/c1-2-3-11-18-15(20)17(9-10-17)16(21)19-12-8-13-6-4-5-7-14(13)19/h4-7H,2-3,8-12H2,1H3,(H,18,20). The number of benzene rings is 1. The van der Waals surface area contributed by atoms with Crippen molar-refractivity contribution in [3.8, 4) is 0 Å². The Labute approximate surface area is 125 Å². The van der Waals surface area contributed by atoms with Crippen LogP contribution in [0.1, 0.15) is 38.2 Å². The molecule has 1 saturated carbocycles. The quantitative estimate of drug-likeness (QED) is 0.667. The molecular formula is C17H22N2O2. The zero-order valence-electron chi connectivity index (χ0n) is 12.5. The zero-order valence-corrected chi connectivity index (χ0v) is 12.5. The number of amides is 2. The second kappa shape index (κ2) is 5.51. The molecule has 1 heterocycles. The van der Waals surface area contributed by atoms with E-state index >= 15 is 0 Å². The van der Waals surface area contributed by atoms with E-state index < -0.39 is 5.41 Å². The largest absolute Gasteiger partial charge is 0.355 e. The fourth-order valence-corrected chi connectivity index (χ4v) is 3.02. The molecule has 1 aromatic carbocycles. The van der Waals surface area contributed by atoms with Crippen molar-refractivity contribution >= 4 is 17.5 Å². The molecule has 4 heteroatoms. The molecule has 1 aliphatic carbocycles. The molecular weight excluding hydrogens is 264 g/mol. The first-order valence-corrected chi connectivity index (χ1v) is 7.87. The van der Waals surface area contributed by atoms with Gasteiger partial charge < -0.3 is 10.2 Å². The maximum absolute atomic E-state index is 12.8. The summed E-state index contributed by atoms with van der Waals surface area (Å²) >= 11 is 0. The monoisotopic (exact) mass is 286 g/mol. The van der Waals surface area contributed by atoms with Gasteiger partial charge in [-0.25, -0.2) is 0 Å². The molecule has 21 heavy (non-hydrogen) atoms. The third kappa shape index (κ3) is 2.43. The summed E-state index contributed by atoms with van der Waals surface area (Å²) in [7, 11) is 0. The first kappa shape index (κ1) is 14.1. The smallest absolute Gasteiger partial charge is 0.242 e. The van der Waals surface area contributed by atoms with Gasteiger partial charge in [-0.15, -0.1) is 0 Å². The van der Waals surface area contributed by atoms with Crippen LogP contribution in [0.2, 0.25) is 0 Å². The van der Waals surface area contributed by atoms with Gasteiger partial charge in [0.15, 0.2) is 0 Å². The Morgan fingerprint density at radius 1 is 1.29 bits per heavy atom. The minimum Gasteiger partial charge on any atom is -0.355 e. The van der Waals surface area contributed by atoms with Gasteiger partial charge in [0.25, 0.3) is 0 Å². The molecule has 4 nitrogen and oxygen atoms in total. The number of hydrogen-bond acceptors (Lipinski definition) is 2. The lowest BCUT2D eigenvalue weighted by molar-refractivity contribution is -0.135. The number of rotatable bonds is 5. The predicted molar refractivity (Wildman–Crippen MR) is 82.1 cm³/mol. The molecule has 112 valence electrons. The summed E-state index contributed by atoms with van der Waals surface area (Å²) in [4.78, 5) is 27.0. The molecule has 0 saturated heterocycles. The summed E-state index contributed by atoms with van der Waals surface area (Å²) < 4.78 is 0. The van der Waals surface area contributed by atoms with Crippen molar-refractivity contribution in [3.05, 3.63) is 29.8 Å². The summed E-state index contributed by atoms with van der Waals surface area (Å²) in [6.45, 7) is 3.45. The van der Waals surface area contributed by atoms with Gasteiger partial charge in [-0.1, -0.05) is 31.5 Å². The Morgan fingerprint density at radius 3 is 2.76 bits per heavy atom. The average molecular weight is 286 g/mol. The first-order chi connectivity index (χ1) is 10.2. The van der Waals surface area contributed by atoms with Crippen LogP contribution in [-0.2, 0) is 16.0 Å². The second-order valence-electron chi connectivity index (χ2n) is 6.03. The molecule has 0 aromatic heterocycles. The molecule has 1 fully saturated rings. The molecule has 3 rings (SSSR count). The van der Waals surface area contributed by atoms with Crippen molar-refractivity contribution in [1.82, 2.24) is 5.32 Å². The van der Waals surface area contributed by atoms with E-state index in [4.69, 9.17) is 0 Å². The van der Waals surface area contributed by atoms with Crippen LogP contribution in [0, 0.1) is 5.41 Å².